The number of aromatic nitrogens is 1. The van der Waals surface area contributed by atoms with Gasteiger partial charge in [0, 0.05) is 53.6 Å². The molecule has 1 N–H and O–H groups in total. The predicted molar refractivity (Wildman–Crippen MR) is 181 cm³/mol. The summed E-state index contributed by atoms with van der Waals surface area (Å²) in [7, 11) is -4.30. The van der Waals surface area contributed by atoms with Gasteiger partial charge in [-0.1, -0.05) is 71.8 Å². The molecule has 0 amide bonds. The van der Waals surface area contributed by atoms with Gasteiger partial charge in [0.25, 0.3) is 5.01 Å². The number of quaternary nitrogens is 1. The van der Waals surface area contributed by atoms with Gasteiger partial charge in [0.05, 0.1) is 11.4 Å². The molecule has 4 aromatic rings. The third-order valence-electron chi connectivity index (χ3n) is 8.41. The van der Waals surface area contributed by atoms with Crippen molar-refractivity contribution in [2.75, 3.05) is 6.54 Å². The summed E-state index contributed by atoms with van der Waals surface area (Å²) in [5.41, 5.74) is 4.42. The summed E-state index contributed by atoms with van der Waals surface area (Å²) in [6.07, 6.45) is 9.38. The molecule has 0 saturated carbocycles. The van der Waals surface area contributed by atoms with Crippen molar-refractivity contribution >= 4 is 78.4 Å². The molecule has 2 aliphatic heterocycles. The zero-order valence-corrected chi connectivity index (χ0v) is 27.8. The Labute approximate surface area is 271 Å². The number of aryl methyl sites for hydroxylation is 2. The number of nitrogens with zero attached hydrogens (tertiary/aromatic N) is 2. The number of fused-ring (bicyclic) bond motifs is 3. The number of hydrogen-bond acceptors (Lipinski definition) is 4. The highest BCUT2D eigenvalue weighted by Gasteiger charge is 2.58. The van der Waals surface area contributed by atoms with Crippen molar-refractivity contribution in [3.05, 3.63) is 104 Å². The third-order valence-corrected chi connectivity index (χ3v) is 12.5. The van der Waals surface area contributed by atoms with E-state index in [-0.39, 0.29) is 4.48 Å². The number of allylic oxidation sites excluding steroid dienone is 2. The summed E-state index contributed by atoms with van der Waals surface area (Å²) >= 11 is 16.2. The van der Waals surface area contributed by atoms with Crippen LogP contribution in [0.1, 0.15) is 49.6 Å². The Morgan fingerprint density at radius 3 is 2.60 bits per heavy atom. The molecule has 43 heavy (non-hydrogen) atoms. The van der Waals surface area contributed by atoms with E-state index in [4.69, 9.17) is 23.2 Å². The van der Waals surface area contributed by atoms with Crippen molar-refractivity contribution < 1.29 is 17.5 Å². The van der Waals surface area contributed by atoms with Crippen LogP contribution < -0.4 is 9.05 Å². The molecule has 2 atom stereocenters. The standard InChI is InChI=1S/C33H33Cl2N2O3S3/c1-2-23(20-32-37(18-8-12-33(37)43(38,39)40)28-22-26(35)14-16-30(28)42-32)19-31-36(27-21-25(34)13-15-29(27)41-31)17-7-6-11-24-9-4-3-5-10-24/h3-5,9-10,13-16,19-22,33H,2,6-8,11-12,17-18H2,1H3/q+1/p+1. The topological polar surface area (TPSA) is 58.2 Å². The molecule has 6 rings (SSSR count). The van der Waals surface area contributed by atoms with Crippen molar-refractivity contribution in [3.8, 4) is 0 Å². The van der Waals surface area contributed by atoms with E-state index in [1.807, 2.05) is 36.4 Å². The lowest BCUT2D eigenvalue weighted by atomic mass is 10.1. The summed E-state index contributed by atoms with van der Waals surface area (Å²) in [5.74, 6) is 0. The van der Waals surface area contributed by atoms with Crippen molar-refractivity contribution in [1.82, 2.24) is 4.48 Å². The minimum atomic E-state index is -4.30. The van der Waals surface area contributed by atoms with Gasteiger partial charge < -0.3 is 0 Å². The maximum absolute atomic E-state index is 12.7. The fourth-order valence-electron chi connectivity index (χ4n) is 6.35. The van der Waals surface area contributed by atoms with E-state index in [1.165, 1.54) is 10.3 Å². The van der Waals surface area contributed by atoms with E-state index in [0.717, 1.165) is 63.9 Å². The van der Waals surface area contributed by atoms with Crippen LogP contribution in [0.2, 0.25) is 10.0 Å². The van der Waals surface area contributed by atoms with Crippen LogP contribution in [0.5, 0.6) is 0 Å². The fourth-order valence-corrected chi connectivity index (χ4v) is 10.5. The van der Waals surface area contributed by atoms with E-state index in [9.17, 15) is 13.0 Å². The number of thiazole rings is 1. The molecule has 224 valence electrons. The molecule has 0 bridgehead atoms. The lowest BCUT2D eigenvalue weighted by molar-refractivity contribution is -0.669. The average molecular weight is 674 g/mol. The fraction of sp³-hybridized carbons (Fsp3) is 0.303. The molecule has 2 aliphatic rings. The largest absolute Gasteiger partial charge is 0.320 e. The third kappa shape index (κ3) is 6.21. The molecule has 2 unspecified atom stereocenters. The molecule has 1 fully saturated rings. The normalized spacial score (nSPS) is 21.3. The van der Waals surface area contributed by atoms with Gasteiger partial charge in [-0.2, -0.15) is 13.0 Å². The first kappa shape index (κ1) is 30.8. The minimum absolute atomic E-state index is 0.0955. The Balaban J connectivity index is 1.38. The van der Waals surface area contributed by atoms with Crippen LogP contribution in [0, 0.1) is 0 Å². The van der Waals surface area contributed by atoms with Crippen molar-refractivity contribution in [2.45, 2.75) is 62.3 Å². The van der Waals surface area contributed by atoms with Crippen molar-refractivity contribution in [1.29, 1.82) is 0 Å². The van der Waals surface area contributed by atoms with Gasteiger partial charge >= 0.3 is 10.1 Å². The van der Waals surface area contributed by atoms with E-state index in [0.29, 0.717) is 29.4 Å². The SMILES string of the molecule is CCC(=Cc1sc2ccc(Cl)cc2[n+]1CCCCc1ccccc1)C=C1Sc2ccc(Cl)cc2[N+]12CCCC2S(=O)(=O)O. The second-order valence-corrected chi connectivity index (χ2v) is 15.7. The van der Waals surface area contributed by atoms with Crippen LogP contribution in [0.15, 0.2) is 88.3 Å². The average Bonchev–Trinajstić information content (AvgIpc) is 3.66. The monoisotopic (exact) mass is 672 g/mol. The van der Waals surface area contributed by atoms with Gasteiger partial charge in [0.15, 0.2) is 17.3 Å². The number of hydrogen-bond donors (Lipinski definition) is 1. The summed E-state index contributed by atoms with van der Waals surface area (Å²) < 4.78 is 39.4. The van der Waals surface area contributed by atoms with Gasteiger partial charge in [0.2, 0.25) is 10.9 Å². The van der Waals surface area contributed by atoms with Crippen LogP contribution >= 0.6 is 46.3 Å². The Hall–Kier alpha value is -2.17. The highest BCUT2D eigenvalue weighted by atomic mass is 35.5. The van der Waals surface area contributed by atoms with Crippen LogP contribution in [-0.2, 0) is 23.1 Å². The smallest absolute Gasteiger partial charge is 0.281 e. The maximum Gasteiger partial charge on any atom is 0.320 e. The Kier molecular flexibility index (Phi) is 9.09. The van der Waals surface area contributed by atoms with Crippen LogP contribution in [-0.4, -0.2) is 24.9 Å². The molecule has 0 radical (unpaired) electrons. The zero-order valence-electron chi connectivity index (χ0n) is 23.9. The Morgan fingerprint density at radius 1 is 1.07 bits per heavy atom. The number of benzene rings is 3. The lowest BCUT2D eigenvalue weighted by Gasteiger charge is -2.34. The highest BCUT2D eigenvalue weighted by Crippen LogP contribution is 2.57. The quantitative estimate of drug-likeness (QED) is 0.0833. The summed E-state index contributed by atoms with van der Waals surface area (Å²) in [4.78, 5) is 0.978. The summed E-state index contributed by atoms with van der Waals surface area (Å²) in [5, 5.41) is 2.36. The second-order valence-electron chi connectivity index (χ2n) is 11.1. The maximum atomic E-state index is 12.7. The first-order chi connectivity index (χ1) is 20.7. The Bertz CT molecular complexity index is 1840. The van der Waals surface area contributed by atoms with Gasteiger partial charge in [-0.3, -0.25) is 4.55 Å². The molecule has 0 aliphatic carbocycles. The van der Waals surface area contributed by atoms with Crippen LogP contribution in [0.4, 0.5) is 5.69 Å². The molecule has 1 aromatic heterocycles. The highest BCUT2D eigenvalue weighted by molar-refractivity contribution is 8.03. The molecule has 5 nitrogen and oxygen atoms in total. The van der Waals surface area contributed by atoms with Gasteiger partial charge in [-0.25, -0.2) is 4.48 Å². The van der Waals surface area contributed by atoms with Crippen LogP contribution in [0.25, 0.3) is 16.3 Å². The summed E-state index contributed by atoms with van der Waals surface area (Å²) in [6, 6.07) is 22.3. The summed E-state index contributed by atoms with van der Waals surface area (Å²) in [6.45, 7) is 3.59. The number of halogens is 2. The van der Waals surface area contributed by atoms with Gasteiger partial charge in [0.1, 0.15) is 4.70 Å². The van der Waals surface area contributed by atoms with E-state index in [1.54, 1.807) is 23.1 Å². The van der Waals surface area contributed by atoms with Gasteiger partial charge in [-0.05, 0) is 66.4 Å². The predicted octanol–water partition coefficient (Wildman–Crippen LogP) is 9.27. The van der Waals surface area contributed by atoms with Crippen molar-refractivity contribution in [2.24, 2.45) is 0 Å². The first-order valence-electron chi connectivity index (χ1n) is 14.6. The van der Waals surface area contributed by atoms with E-state index >= 15 is 0 Å². The Morgan fingerprint density at radius 2 is 1.84 bits per heavy atom. The second kappa shape index (κ2) is 12.7. The first-order valence-corrected chi connectivity index (χ1v) is 18.5. The minimum Gasteiger partial charge on any atom is -0.281 e. The number of rotatable bonds is 9. The molecular weight excluding hydrogens is 639 g/mol. The number of unbranched alkanes of at least 4 members (excludes halogenated alkanes) is 1. The number of thioether (sulfide) groups is 1. The lowest BCUT2D eigenvalue weighted by Crippen LogP contribution is -2.52. The molecule has 10 heteroatoms. The van der Waals surface area contributed by atoms with E-state index < -0.39 is 15.5 Å². The van der Waals surface area contributed by atoms with Crippen LogP contribution in [0.3, 0.4) is 0 Å². The molecule has 1 saturated heterocycles. The van der Waals surface area contributed by atoms with E-state index in [2.05, 4.69) is 54.0 Å². The molecule has 1 spiro atoms. The molecule has 3 aromatic carbocycles. The van der Waals surface area contributed by atoms with Gasteiger partial charge in [-0.15, -0.1) is 0 Å². The molecular formula is C33H34Cl2N2O3S3+2. The molecule has 3 heterocycles. The zero-order chi connectivity index (χ0) is 30.2. The van der Waals surface area contributed by atoms with Crippen molar-refractivity contribution in [3.63, 3.8) is 0 Å².